The van der Waals surface area contributed by atoms with Crippen LogP contribution in [0.25, 0.3) is 21.5 Å². The highest BCUT2D eigenvalue weighted by Crippen LogP contribution is 2.31. The van der Waals surface area contributed by atoms with Crippen LogP contribution >= 0.6 is 0 Å². The Hall–Kier alpha value is -2.94. The highest BCUT2D eigenvalue weighted by atomic mass is 15.2. The maximum atomic E-state index is 4.58. The van der Waals surface area contributed by atoms with E-state index in [0.717, 1.165) is 22.4 Å². The molecule has 0 saturated heterocycles. The van der Waals surface area contributed by atoms with Crippen molar-refractivity contribution in [1.82, 2.24) is 9.97 Å². The summed E-state index contributed by atoms with van der Waals surface area (Å²) in [5.74, 6) is 1.84. The minimum absolute atomic E-state index is 0.918. The standard InChI is InChI=1S/C19H15N3/c1-22(18-16-8-4-2-6-14(16)10-12-20-18)19-17-9-5-3-7-15(17)11-13-21-19/h2-13H,1H3. The largest absolute Gasteiger partial charge is 0.313 e. The fourth-order valence-electron chi connectivity index (χ4n) is 2.84. The second-order valence-electron chi connectivity index (χ2n) is 5.27. The molecule has 2 heterocycles. The molecular weight excluding hydrogens is 270 g/mol. The van der Waals surface area contributed by atoms with Crippen molar-refractivity contribution in [3.05, 3.63) is 73.1 Å². The minimum Gasteiger partial charge on any atom is -0.313 e. The van der Waals surface area contributed by atoms with Gasteiger partial charge in [-0.3, -0.25) is 0 Å². The monoisotopic (exact) mass is 285 g/mol. The molecular formula is C19H15N3. The Morgan fingerprint density at radius 3 is 1.59 bits per heavy atom. The van der Waals surface area contributed by atoms with Gasteiger partial charge in [-0.15, -0.1) is 0 Å². The predicted octanol–water partition coefficient (Wildman–Crippen LogP) is 4.55. The Labute approximate surface area is 128 Å². The van der Waals surface area contributed by atoms with Gasteiger partial charge in [-0.05, 0) is 22.9 Å². The molecule has 0 atom stereocenters. The van der Waals surface area contributed by atoms with E-state index >= 15 is 0 Å². The third kappa shape index (κ3) is 1.99. The van der Waals surface area contributed by atoms with Crippen molar-refractivity contribution in [2.75, 3.05) is 11.9 Å². The molecule has 22 heavy (non-hydrogen) atoms. The Morgan fingerprint density at radius 1 is 0.636 bits per heavy atom. The number of hydrogen-bond acceptors (Lipinski definition) is 3. The molecule has 0 unspecified atom stereocenters. The summed E-state index contributed by atoms with van der Waals surface area (Å²) < 4.78 is 0. The van der Waals surface area contributed by atoms with E-state index in [9.17, 15) is 0 Å². The number of fused-ring (bicyclic) bond motifs is 2. The van der Waals surface area contributed by atoms with Gasteiger partial charge in [0.15, 0.2) is 0 Å². The van der Waals surface area contributed by atoms with E-state index in [0.29, 0.717) is 0 Å². The van der Waals surface area contributed by atoms with Gasteiger partial charge in [0.25, 0.3) is 0 Å². The lowest BCUT2D eigenvalue weighted by Gasteiger charge is -2.20. The molecule has 0 N–H and O–H groups in total. The number of benzene rings is 2. The molecule has 0 radical (unpaired) electrons. The zero-order chi connectivity index (χ0) is 14.9. The molecule has 2 aromatic heterocycles. The molecule has 0 saturated carbocycles. The average molecular weight is 285 g/mol. The normalized spacial score (nSPS) is 11.0. The Kier molecular flexibility index (Phi) is 2.97. The number of pyridine rings is 2. The third-order valence-corrected chi connectivity index (χ3v) is 3.94. The molecule has 4 aromatic rings. The van der Waals surface area contributed by atoms with Crippen LogP contribution in [-0.4, -0.2) is 17.0 Å². The molecule has 0 bridgehead atoms. The van der Waals surface area contributed by atoms with Gasteiger partial charge in [0.1, 0.15) is 11.6 Å². The van der Waals surface area contributed by atoms with Crippen LogP contribution in [0.3, 0.4) is 0 Å². The van der Waals surface area contributed by atoms with Crippen LogP contribution < -0.4 is 4.90 Å². The first-order valence-electron chi connectivity index (χ1n) is 7.26. The van der Waals surface area contributed by atoms with Crippen LogP contribution in [0.5, 0.6) is 0 Å². The van der Waals surface area contributed by atoms with Crippen LogP contribution in [-0.2, 0) is 0 Å². The van der Waals surface area contributed by atoms with Crippen molar-refractivity contribution in [3.63, 3.8) is 0 Å². The van der Waals surface area contributed by atoms with E-state index < -0.39 is 0 Å². The molecule has 106 valence electrons. The maximum Gasteiger partial charge on any atom is 0.141 e. The quantitative estimate of drug-likeness (QED) is 0.541. The van der Waals surface area contributed by atoms with Crippen molar-refractivity contribution in [2.45, 2.75) is 0 Å². The highest BCUT2D eigenvalue weighted by Gasteiger charge is 2.13. The van der Waals surface area contributed by atoms with Crippen molar-refractivity contribution in [3.8, 4) is 0 Å². The summed E-state index contributed by atoms with van der Waals surface area (Å²) in [6.45, 7) is 0. The topological polar surface area (TPSA) is 29.0 Å². The summed E-state index contributed by atoms with van der Waals surface area (Å²) in [5.41, 5.74) is 0. The van der Waals surface area contributed by atoms with E-state index in [4.69, 9.17) is 0 Å². The molecule has 0 spiro atoms. The lowest BCUT2D eigenvalue weighted by atomic mass is 10.1. The van der Waals surface area contributed by atoms with E-state index in [2.05, 4.69) is 39.1 Å². The van der Waals surface area contributed by atoms with Gasteiger partial charge < -0.3 is 4.90 Å². The van der Waals surface area contributed by atoms with Crippen molar-refractivity contribution in [1.29, 1.82) is 0 Å². The summed E-state index contributed by atoms with van der Waals surface area (Å²) in [6, 6.07) is 20.6. The van der Waals surface area contributed by atoms with E-state index in [1.807, 2.05) is 55.8 Å². The van der Waals surface area contributed by atoms with Crippen LogP contribution in [0.2, 0.25) is 0 Å². The molecule has 0 aliphatic rings. The number of nitrogens with zero attached hydrogens (tertiary/aromatic N) is 3. The van der Waals surface area contributed by atoms with E-state index in [-0.39, 0.29) is 0 Å². The molecule has 0 aliphatic carbocycles. The van der Waals surface area contributed by atoms with E-state index in [1.165, 1.54) is 10.8 Å². The number of hydrogen-bond donors (Lipinski definition) is 0. The maximum absolute atomic E-state index is 4.58. The average Bonchev–Trinajstić information content (AvgIpc) is 2.60. The minimum atomic E-state index is 0.918. The molecule has 0 fully saturated rings. The first kappa shape index (κ1) is 12.8. The van der Waals surface area contributed by atoms with Gasteiger partial charge in [-0.1, -0.05) is 48.5 Å². The number of aromatic nitrogens is 2. The molecule has 3 heteroatoms. The number of anilines is 2. The lowest BCUT2D eigenvalue weighted by Crippen LogP contribution is -2.13. The summed E-state index contributed by atoms with van der Waals surface area (Å²) in [7, 11) is 2.02. The lowest BCUT2D eigenvalue weighted by molar-refractivity contribution is 1.10. The van der Waals surface area contributed by atoms with Crippen molar-refractivity contribution >= 4 is 33.2 Å². The van der Waals surface area contributed by atoms with Gasteiger partial charge in [0.05, 0.1) is 0 Å². The van der Waals surface area contributed by atoms with Gasteiger partial charge >= 0.3 is 0 Å². The second kappa shape index (κ2) is 5.11. The van der Waals surface area contributed by atoms with E-state index in [1.54, 1.807) is 0 Å². The first-order valence-corrected chi connectivity index (χ1v) is 7.26. The third-order valence-electron chi connectivity index (χ3n) is 3.94. The smallest absolute Gasteiger partial charge is 0.141 e. The molecule has 2 aromatic carbocycles. The van der Waals surface area contributed by atoms with Crippen molar-refractivity contribution < 1.29 is 0 Å². The molecule has 0 aliphatic heterocycles. The highest BCUT2D eigenvalue weighted by molar-refractivity contribution is 5.98. The summed E-state index contributed by atoms with van der Waals surface area (Å²) >= 11 is 0. The first-order chi connectivity index (χ1) is 10.8. The Bertz CT molecular complexity index is 873. The van der Waals surface area contributed by atoms with Gasteiger partial charge in [-0.25, -0.2) is 9.97 Å². The van der Waals surface area contributed by atoms with Gasteiger partial charge in [-0.2, -0.15) is 0 Å². The second-order valence-corrected chi connectivity index (χ2v) is 5.27. The van der Waals surface area contributed by atoms with Crippen LogP contribution in [0.1, 0.15) is 0 Å². The summed E-state index contributed by atoms with van der Waals surface area (Å²) in [6.07, 6.45) is 3.69. The Balaban J connectivity index is 1.94. The molecule has 0 amide bonds. The van der Waals surface area contributed by atoms with Crippen LogP contribution in [0, 0.1) is 0 Å². The zero-order valence-electron chi connectivity index (χ0n) is 12.3. The summed E-state index contributed by atoms with van der Waals surface area (Å²) in [5, 5.41) is 4.61. The van der Waals surface area contributed by atoms with Crippen LogP contribution in [0.4, 0.5) is 11.6 Å². The predicted molar refractivity (Wildman–Crippen MR) is 91.5 cm³/mol. The van der Waals surface area contributed by atoms with Gasteiger partial charge in [0, 0.05) is 30.2 Å². The fourth-order valence-corrected chi connectivity index (χ4v) is 2.84. The Morgan fingerprint density at radius 2 is 1.09 bits per heavy atom. The van der Waals surface area contributed by atoms with Crippen molar-refractivity contribution in [2.24, 2.45) is 0 Å². The van der Waals surface area contributed by atoms with Gasteiger partial charge in [0.2, 0.25) is 0 Å². The molecule has 3 nitrogen and oxygen atoms in total. The van der Waals surface area contributed by atoms with Crippen LogP contribution in [0.15, 0.2) is 73.1 Å². The number of rotatable bonds is 2. The fraction of sp³-hybridized carbons (Fsp3) is 0.0526. The summed E-state index contributed by atoms with van der Waals surface area (Å²) in [4.78, 5) is 11.2. The zero-order valence-corrected chi connectivity index (χ0v) is 12.3. The SMILES string of the molecule is CN(c1nccc2ccccc12)c1nccc2ccccc12. The molecule has 4 rings (SSSR count).